The van der Waals surface area contributed by atoms with Gasteiger partial charge in [0.1, 0.15) is 12.2 Å². The molecule has 0 fully saturated rings. The standard InChI is InChI=1S/C12H8ClF3N6O/c13-6-1-8(22-9(2-6)19-11(17)20-22)7-4-21(5-12(14,15)16)10(23)3-18-7/h1-4H,5H2,(H2,17,20). The van der Waals surface area contributed by atoms with Crippen LogP contribution in [0.15, 0.2) is 29.3 Å². The van der Waals surface area contributed by atoms with Crippen molar-refractivity contribution in [3.05, 3.63) is 39.9 Å². The number of nitrogens with zero attached hydrogens (tertiary/aromatic N) is 5. The highest BCUT2D eigenvalue weighted by molar-refractivity contribution is 6.31. The van der Waals surface area contributed by atoms with Crippen molar-refractivity contribution in [3.63, 3.8) is 0 Å². The summed E-state index contributed by atoms with van der Waals surface area (Å²) in [6, 6.07) is 2.92. The lowest BCUT2D eigenvalue weighted by atomic mass is 10.2. The molecule has 7 nitrogen and oxygen atoms in total. The molecular formula is C12H8ClF3N6O. The van der Waals surface area contributed by atoms with E-state index in [0.717, 1.165) is 12.4 Å². The van der Waals surface area contributed by atoms with Crippen LogP contribution in [0, 0.1) is 0 Å². The average molecular weight is 345 g/mol. The summed E-state index contributed by atoms with van der Waals surface area (Å²) in [5.74, 6) is -0.0304. The topological polar surface area (TPSA) is 91.1 Å². The van der Waals surface area contributed by atoms with E-state index in [-0.39, 0.29) is 22.4 Å². The van der Waals surface area contributed by atoms with Crippen LogP contribution in [0.25, 0.3) is 17.0 Å². The van der Waals surface area contributed by atoms with Gasteiger partial charge in [-0.1, -0.05) is 11.6 Å². The number of nitrogens with two attached hydrogens (primary N) is 1. The Kier molecular flexibility index (Phi) is 3.48. The summed E-state index contributed by atoms with van der Waals surface area (Å²) in [6.07, 6.45) is -2.75. The van der Waals surface area contributed by atoms with Gasteiger partial charge in [-0.3, -0.25) is 4.79 Å². The van der Waals surface area contributed by atoms with Crippen LogP contribution in [-0.2, 0) is 6.54 Å². The van der Waals surface area contributed by atoms with Crippen molar-refractivity contribution < 1.29 is 13.2 Å². The molecule has 120 valence electrons. The van der Waals surface area contributed by atoms with E-state index in [1.165, 1.54) is 16.6 Å². The van der Waals surface area contributed by atoms with Crippen molar-refractivity contribution in [1.82, 2.24) is 24.1 Å². The number of hydrogen-bond donors (Lipinski definition) is 1. The van der Waals surface area contributed by atoms with Crippen molar-refractivity contribution in [2.75, 3.05) is 5.73 Å². The number of rotatable bonds is 2. The molecule has 3 heterocycles. The van der Waals surface area contributed by atoms with E-state index < -0.39 is 18.3 Å². The van der Waals surface area contributed by atoms with E-state index in [1.807, 2.05) is 0 Å². The van der Waals surface area contributed by atoms with Gasteiger partial charge >= 0.3 is 6.18 Å². The third kappa shape index (κ3) is 3.11. The number of pyridine rings is 1. The van der Waals surface area contributed by atoms with E-state index in [4.69, 9.17) is 17.3 Å². The second-order valence-electron chi connectivity index (χ2n) is 4.65. The summed E-state index contributed by atoms with van der Waals surface area (Å²) < 4.78 is 39.4. The van der Waals surface area contributed by atoms with Crippen LogP contribution in [0.5, 0.6) is 0 Å². The second-order valence-corrected chi connectivity index (χ2v) is 5.09. The first kappa shape index (κ1) is 15.3. The zero-order valence-corrected chi connectivity index (χ0v) is 12.0. The average Bonchev–Trinajstić information content (AvgIpc) is 2.79. The Balaban J connectivity index is 2.19. The summed E-state index contributed by atoms with van der Waals surface area (Å²) in [7, 11) is 0. The molecule has 0 saturated carbocycles. The molecule has 0 aliphatic heterocycles. The van der Waals surface area contributed by atoms with Crippen molar-refractivity contribution in [2.24, 2.45) is 0 Å². The third-order valence-electron chi connectivity index (χ3n) is 2.91. The minimum absolute atomic E-state index is 0.0304. The smallest absolute Gasteiger partial charge is 0.366 e. The van der Waals surface area contributed by atoms with Crippen molar-refractivity contribution in [1.29, 1.82) is 0 Å². The molecule has 0 aromatic carbocycles. The number of aromatic nitrogens is 5. The molecule has 3 aromatic rings. The van der Waals surface area contributed by atoms with Gasteiger partial charge in [-0.05, 0) is 6.07 Å². The number of fused-ring (bicyclic) bond motifs is 1. The van der Waals surface area contributed by atoms with Crippen LogP contribution in [0.3, 0.4) is 0 Å². The number of hydrogen-bond acceptors (Lipinski definition) is 5. The monoisotopic (exact) mass is 344 g/mol. The Morgan fingerprint density at radius 2 is 2.04 bits per heavy atom. The van der Waals surface area contributed by atoms with Crippen LogP contribution in [0.1, 0.15) is 0 Å². The Labute approximate surface area is 131 Å². The predicted molar refractivity (Wildman–Crippen MR) is 76.0 cm³/mol. The van der Waals surface area contributed by atoms with E-state index in [9.17, 15) is 18.0 Å². The molecule has 0 bridgehead atoms. The molecule has 0 unspecified atom stereocenters. The molecule has 0 amide bonds. The predicted octanol–water partition coefficient (Wildman–Crippen LogP) is 1.75. The van der Waals surface area contributed by atoms with Gasteiger partial charge in [-0.15, -0.1) is 5.10 Å². The molecular weight excluding hydrogens is 337 g/mol. The fraction of sp³-hybridized carbons (Fsp3) is 0.167. The number of halogens is 4. The Morgan fingerprint density at radius 3 is 2.74 bits per heavy atom. The van der Waals surface area contributed by atoms with Gasteiger partial charge in [0.2, 0.25) is 5.95 Å². The fourth-order valence-corrected chi connectivity index (χ4v) is 2.24. The maximum atomic E-state index is 12.5. The SMILES string of the molecule is Nc1nc2cc(Cl)cc(-c3cn(CC(F)(F)F)c(=O)cn3)n2n1. The molecule has 0 atom stereocenters. The van der Waals surface area contributed by atoms with Crippen LogP contribution < -0.4 is 11.3 Å². The molecule has 0 aliphatic carbocycles. The largest absolute Gasteiger partial charge is 0.406 e. The van der Waals surface area contributed by atoms with Crippen molar-refractivity contribution in [3.8, 4) is 11.4 Å². The van der Waals surface area contributed by atoms with Crippen molar-refractivity contribution in [2.45, 2.75) is 12.7 Å². The number of alkyl halides is 3. The van der Waals surface area contributed by atoms with Gasteiger partial charge in [0, 0.05) is 17.3 Å². The fourth-order valence-electron chi connectivity index (χ4n) is 2.04. The lowest BCUT2D eigenvalue weighted by molar-refractivity contribution is -0.141. The highest BCUT2D eigenvalue weighted by Gasteiger charge is 2.28. The second kappa shape index (κ2) is 5.23. The van der Waals surface area contributed by atoms with E-state index in [2.05, 4.69) is 15.1 Å². The summed E-state index contributed by atoms with van der Waals surface area (Å²) in [5.41, 5.74) is 5.28. The van der Waals surface area contributed by atoms with Gasteiger partial charge in [0.05, 0.1) is 11.9 Å². The minimum Gasteiger partial charge on any atom is -0.366 e. The summed E-state index contributed by atoms with van der Waals surface area (Å²) in [5, 5.41) is 4.21. The highest BCUT2D eigenvalue weighted by atomic mass is 35.5. The molecule has 0 spiro atoms. The molecule has 23 heavy (non-hydrogen) atoms. The molecule has 3 aromatic heterocycles. The number of nitrogen functional groups attached to an aromatic ring is 1. The molecule has 3 rings (SSSR count). The first-order chi connectivity index (χ1) is 10.7. The van der Waals surface area contributed by atoms with Gasteiger partial charge in [0.25, 0.3) is 5.56 Å². The first-order valence-corrected chi connectivity index (χ1v) is 6.56. The quantitative estimate of drug-likeness (QED) is 0.764. The van der Waals surface area contributed by atoms with Crippen LogP contribution in [0.2, 0.25) is 5.02 Å². The summed E-state index contributed by atoms with van der Waals surface area (Å²) in [4.78, 5) is 19.3. The van der Waals surface area contributed by atoms with E-state index in [0.29, 0.717) is 10.2 Å². The third-order valence-corrected chi connectivity index (χ3v) is 3.12. The normalized spacial score (nSPS) is 12.0. The lowest BCUT2D eigenvalue weighted by Gasteiger charge is -2.11. The maximum absolute atomic E-state index is 12.5. The van der Waals surface area contributed by atoms with E-state index in [1.54, 1.807) is 0 Å². The Bertz CT molecular complexity index is 948. The minimum atomic E-state index is -4.54. The van der Waals surface area contributed by atoms with Gasteiger partial charge in [0.15, 0.2) is 5.65 Å². The molecule has 0 saturated heterocycles. The lowest BCUT2D eigenvalue weighted by Crippen LogP contribution is -2.28. The zero-order chi connectivity index (χ0) is 16.8. The molecule has 0 aliphatic rings. The van der Waals surface area contributed by atoms with Crippen LogP contribution in [-0.4, -0.2) is 30.3 Å². The summed E-state index contributed by atoms with van der Waals surface area (Å²) in [6.45, 7) is -1.43. The number of anilines is 1. The zero-order valence-electron chi connectivity index (χ0n) is 11.3. The molecule has 0 radical (unpaired) electrons. The Morgan fingerprint density at radius 1 is 1.30 bits per heavy atom. The first-order valence-electron chi connectivity index (χ1n) is 6.18. The van der Waals surface area contributed by atoms with Crippen molar-refractivity contribution >= 4 is 23.2 Å². The highest BCUT2D eigenvalue weighted by Crippen LogP contribution is 2.23. The molecule has 2 N–H and O–H groups in total. The van der Waals surface area contributed by atoms with Crippen LogP contribution in [0.4, 0.5) is 19.1 Å². The summed E-state index contributed by atoms with van der Waals surface area (Å²) >= 11 is 5.96. The molecule has 11 heteroatoms. The van der Waals surface area contributed by atoms with Gasteiger partial charge in [-0.2, -0.15) is 18.2 Å². The van der Waals surface area contributed by atoms with Gasteiger partial charge < -0.3 is 10.3 Å². The Hall–Kier alpha value is -2.62. The van der Waals surface area contributed by atoms with E-state index >= 15 is 0 Å². The van der Waals surface area contributed by atoms with Gasteiger partial charge in [-0.25, -0.2) is 9.50 Å². The van der Waals surface area contributed by atoms with Crippen LogP contribution >= 0.6 is 11.6 Å². The maximum Gasteiger partial charge on any atom is 0.406 e.